The molecule has 19 heavy (non-hydrogen) atoms. The molecule has 1 aromatic heterocycles. The lowest BCUT2D eigenvalue weighted by Gasteiger charge is -2.25. The van der Waals surface area contributed by atoms with Gasteiger partial charge in [-0.2, -0.15) is 0 Å². The van der Waals surface area contributed by atoms with E-state index in [0.717, 1.165) is 27.5 Å². The van der Waals surface area contributed by atoms with Crippen molar-refractivity contribution in [1.82, 2.24) is 0 Å². The van der Waals surface area contributed by atoms with Crippen LogP contribution in [0.5, 0.6) is 0 Å². The van der Waals surface area contributed by atoms with Crippen LogP contribution >= 0.6 is 43.2 Å². The van der Waals surface area contributed by atoms with Crippen molar-refractivity contribution in [3.63, 3.8) is 0 Å². The number of fused-ring (bicyclic) bond motifs is 1. The Balaban J connectivity index is 1.92. The zero-order valence-electron chi connectivity index (χ0n) is 10.1. The number of para-hydroxylation sites is 1. The van der Waals surface area contributed by atoms with Crippen LogP contribution in [0.1, 0.15) is 29.3 Å². The topological polar surface area (TPSA) is 12.0 Å². The molecule has 0 fully saturated rings. The monoisotopic (exact) mass is 403 g/mol. The van der Waals surface area contributed by atoms with Crippen LogP contribution in [0.15, 0.2) is 32.5 Å². The minimum Gasteiger partial charge on any atom is -0.375 e. The second-order valence-electron chi connectivity index (χ2n) is 4.61. The fraction of sp³-hybridized carbons (Fsp3) is 0.286. The highest BCUT2D eigenvalue weighted by Crippen LogP contribution is 2.40. The lowest BCUT2D eigenvalue weighted by atomic mass is 9.94. The van der Waals surface area contributed by atoms with Crippen LogP contribution in [0.3, 0.4) is 0 Å². The summed E-state index contributed by atoms with van der Waals surface area (Å²) in [6.45, 7) is 0. The Kier molecular flexibility index (Phi) is 3.96. The molecule has 1 nitrogen and oxygen atoms in total. The van der Waals surface area contributed by atoms with E-state index in [4.69, 9.17) is 0 Å². The maximum Gasteiger partial charge on any atom is 0.147 e. The summed E-state index contributed by atoms with van der Waals surface area (Å²) in [6.07, 6.45) is 3.31. The lowest BCUT2D eigenvalue weighted by Crippen LogP contribution is -2.16. The third-order valence-corrected chi connectivity index (χ3v) is 5.74. The second kappa shape index (κ2) is 5.54. The van der Waals surface area contributed by atoms with Gasteiger partial charge in [0.1, 0.15) is 5.82 Å². The smallest absolute Gasteiger partial charge is 0.147 e. The van der Waals surface area contributed by atoms with Crippen molar-refractivity contribution in [3.05, 3.63) is 48.8 Å². The summed E-state index contributed by atoms with van der Waals surface area (Å²) in [5.74, 6) is -0.212. The number of halogens is 3. The minimum absolute atomic E-state index is 0.194. The van der Waals surface area contributed by atoms with E-state index in [2.05, 4.69) is 43.2 Å². The van der Waals surface area contributed by atoms with E-state index in [9.17, 15) is 4.39 Å². The molecular weight excluding hydrogens is 393 g/mol. The molecule has 1 aromatic carbocycles. The summed E-state index contributed by atoms with van der Waals surface area (Å²) < 4.78 is 15.8. The van der Waals surface area contributed by atoms with Crippen molar-refractivity contribution in [3.8, 4) is 0 Å². The largest absolute Gasteiger partial charge is 0.375 e. The standard InChI is InChI=1S/C14H12Br2FNS/c15-9-3-1-4-10(17)14(9)18-11-5-2-6-12-8(11)7-13(16)19-12/h1,3-4,7,11,18H,2,5-6H2. The lowest BCUT2D eigenvalue weighted by molar-refractivity contribution is 0.591. The first-order chi connectivity index (χ1) is 9.15. The molecule has 0 radical (unpaired) electrons. The maximum absolute atomic E-state index is 13.9. The third-order valence-electron chi connectivity index (χ3n) is 3.37. The number of nitrogens with one attached hydrogen (secondary N) is 1. The first kappa shape index (κ1) is 13.6. The van der Waals surface area contributed by atoms with Gasteiger partial charge in [0, 0.05) is 9.35 Å². The summed E-state index contributed by atoms with van der Waals surface area (Å²) >= 11 is 8.74. The average Bonchev–Trinajstić information content (AvgIpc) is 2.75. The van der Waals surface area contributed by atoms with Gasteiger partial charge < -0.3 is 5.32 Å². The summed E-state index contributed by atoms with van der Waals surface area (Å²) in [4.78, 5) is 1.41. The number of thiophene rings is 1. The van der Waals surface area contributed by atoms with Crippen LogP contribution in [0, 0.1) is 5.82 Å². The first-order valence-electron chi connectivity index (χ1n) is 6.14. The molecular formula is C14H12Br2FNS. The van der Waals surface area contributed by atoms with E-state index >= 15 is 0 Å². The molecule has 0 aliphatic heterocycles. The Bertz CT molecular complexity index is 591. The molecule has 5 heteroatoms. The molecule has 1 N–H and O–H groups in total. The summed E-state index contributed by atoms with van der Waals surface area (Å²) in [5, 5.41) is 3.35. The maximum atomic E-state index is 13.9. The highest BCUT2D eigenvalue weighted by atomic mass is 79.9. The molecule has 1 atom stereocenters. The highest BCUT2D eigenvalue weighted by molar-refractivity contribution is 9.11. The number of aryl methyl sites for hydroxylation is 1. The number of rotatable bonds is 2. The van der Waals surface area contributed by atoms with Crippen molar-refractivity contribution in [1.29, 1.82) is 0 Å². The fourth-order valence-corrected chi connectivity index (χ4v) is 4.76. The van der Waals surface area contributed by atoms with Crippen LogP contribution in [0.4, 0.5) is 10.1 Å². The van der Waals surface area contributed by atoms with Gasteiger partial charge in [0.25, 0.3) is 0 Å². The van der Waals surface area contributed by atoms with Gasteiger partial charge in [0.2, 0.25) is 0 Å². The van der Waals surface area contributed by atoms with Crippen molar-refractivity contribution < 1.29 is 4.39 Å². The van der Waals surface area contributed by atoms with Gasteiger partial charge in [-0.25, -0.2) is 4.39 Å². The van der Waals surface area contributed by atoms with Crippen LogP contribution in [-0.2, 0) is 6.42 Å². The SMILES string of the molecule is Fc1cccc(Br)c1NC1CCCc2sc(Br)cc21. The third kappa shape index (κ3) is 2.73. The summed E-state index contributed by atoms with van der Waals surface area (Å²) in [7, 11) is 0. The number of hydrogen-bond acceptors (Lipinski definition) is 2. The van der Waals surface area contributed by atoms with Crippen molar-refractivity contribution >= 4 is 48.9 Å². The van der Waals surface area contributed by atoms with Crippen molar-refractivity contribution in [2.24, 2.45) is 0 Å². The molecule has 1 aliphatic carbocycles. The Morgan fingerprint density at radius 3 is 2.95 bits per heavy atom. The molecule has 1 aliphatic rings. The van der Waals surface area contributed by atoms with Crippen molar-refractivity contribution in [2.75, 3.05) is 5.32 Å². The van der Waals surface area contributed by atoms with E-state index in [1.807, 2.05) is 6.07 Å². The molecule has 2 aromatic rings. The summed E-state index contributed by atoms with van der Waals surface area (Å²) in [6, 6.07) is 7.40. The van der Waals surface area contributed by atoms with Gasteiger partial charge in [0.05, 0.1) is 15.5 Å². The number of hydrogen-bond donors (Lipinski definition) is 1. The normalized spacial score (nSPS) is 18.2. The molecule has 0 spiro atoms. The number of anilines is 1. The Morgan fingerprint density at radius 2 is 2.16 bits per heavy atom. The van der Waals surface area contributed by atoms with Gasteiger partial charge in [-0.3, -0.25) is 0 Å². The molecule has 0 amide bonds. The molecule has 1 heterocycles. The van der Waals surface area contributed by atoms with Gasteiger partial charge in [0.15, 0.2) is 0 Å². The predicted octanol–water partition coefficient (Wildman–Crippen LogP) is 5.90. The quantitative estimate of drug-likeness (QED) is 0.656. The van der Waals surface area contributed by atoms with E-state index in [1.54, 1.807) is 17.4 Å². The Labute approximate surface area is 132 Å². The van der Waals surface area contributed by atoms with Gasteiger partial charge >= 0.3 is 0 Å². The average molecular weight is 405 g/mol. The van der Waals surface area contributed by atoms with E-state index in [0.29, 0.717) is 5.69 Å². The van der Waals surface area contributed by atoms with Crippen molar-refractivity contribution in [2.45, 2.75) is 25.3 Å². The molecule has 3 rings (SSSR count). The Morgan fingerprint density at radius 1 is 1.32 bits per heavy atom. The zero-order chi connectivity index (χ0) is 13.4. The first-order valence-corrected chi connectivity index (χ1v) is 8.54. The van der Waals surface area contributed by atoms with Crippen LogP contribution in [0.2, 0.25) is 0 Å². The fourth-order valence-electron chi connectivity index (χ4n) is 2.48. The summed E-state index contributed by atoms with van der Waals surface area (Å²) in [5.41, 5.74) is 1.86. The zero-order valence-corrected chi connectivity index (χ0v) is 14.0. The van der Waals surface area contributed by atoms with Gasteiger partial charge in [-0.1, -0.05) is 6.07 Å². The van der Waals surface area contributed by atoms with Crippen LogP contribution < -0.4 is 5.32 Å². The molecule has 0 bridgehead atoms. The Hall–Kier alpha value is -0.390. The second-order valence-corrected chi connectivity index (χ2v) is 7.99. The highest BCUT2D eigenvalue weighted by Gasteiger charge is 2.23. The van der Waals surface area contributed by atoms with Gasteiger partial charge in [-0.15, -0.1) is 11.3 Å². The van der Waals surface area contributed by atoms with E-state index in [-0.39, 0.29) is 11.9 Å². The van der Waals surface area contributed by atoms with E-state index < -0.39 is 0 Å². The number of benzene rings is 1. The predicted molar refractivity (Wildman–Crippen MR) is 85.4 cm³/mol. The van der Waals surface area contributed by atoms with Crippen LogP contribution in [0.25, 0.3) is 0 Å². The minimum atomic E-state index is -0.212. The van der Waals surface area contributed by atoms with Gasteiger partial charge in [-0.05, 0) is 74.9 Å². The molecule has 0 saturated carbocycles. The van der Waals surface area contributed by atoms with Crippen LogP contribution in [-0.4, -0.2) is 0 Å². The molecule has 0 saturated heterocycles. The molecule has 100 valence electrons. The molecule has 1 unspecified atom stereocenters. The van der Waals surface area contributed by atoms with E-state index in [1.165, 1.54) is 16.5 Å².